The van der Waals surface area contributed by atoms with Gasteiger partial charge in [0.15, 0.2) is 0 Å². The van der Waals surface area contributed by atoms with E-state index in [9.17, 15) is 4.79 Å². The first kappa shape index (κ1) is 18.0. The van der Waals surface area contributed by atoms with Crippen LogP contribution in [0.25, 0.3) is 0 Å². The van der Waals surface area contributed by atoms with Crippen LogP contribution in [-0.2, 0) is 4.74 Å². The molecule has 2 heterocycles. The van der Waals surface area contributed by atoms with Crippen molar-refractivity contribution in [3.05, 3.63) is 51.1 Å². The lowest BCUT2D eigenvalue weighted by atomic mass is 9.89. The molecule has 1 aromatic rings. The number of rotatable bonds is 3. The van der Waals surface area contributed by atoms with Crippen molar-refractivity contribution in [2.75, 3.05) is 7.11 Å². The Bertz CT molecular complexity index is 773. The van der Waals surface area contributed by atoms with Gasteiger partial charge in [-0.1, -0.05) is 19.1 Å². The van der Waals surface area contributed by atoms with Crippen LogP contribution >= 0.6 is 31.9 Å². The van der Waals surface area contributed by atoms with Crippen molar-refractivity contribution in [2.45, 2.75) is 19.2 Å². The number of carbonyl (C=O) groups is 1. The SMILES string of the molecule is COc1ccc(C2C(C)C(OC(=O)O)N=C3C(Br)=CC(Br)=CN32)cc1. The Morgan fingerprint density at radius 3 is 2.56 bits per heavy atom. The summed E-state index contributed by atoms with van der Waals surface area (Å²) in [5.41, 5.74) is 1.01. The number of allylic oxidation sites excluding steroid dienone is 2. The molecule has 0 bridgehead atoms. The number of aliphatic imine (C=N–C) groups is 1. The molecule has 0 aromatic heterocycles. The highest BCUT2D eigenvalue weighted by atomic mass is 79.9. The third-order valence-corrected chi connectivity index (χ3v) is 5.18. The van der Waals surface area contributed by atoms with E-state index in [2.05, 4.69) is 36.9 Å². The molecule has 8 heteroatoms. The van der Waals surface area contributed by atoms with Crippen molar-refractivity contribution < 1.29 is 19.4 Å². The average Bonchev–Trinajstić information content (AvgIpc) is 2.56. The normalized spacial score (nSPS) is 25.4. The summed E-state index contributed by atoms with van der Waals surface area (Å²) in [6.07, 6.45) is 1.68. The molecule has 25 heavy (non-hydrogen) atoms. The molecule has 0 radical (unpaired) electrons. The number of methoxy groups -OCH3 is 1. The predicted molar refractivity (Wildman–Crippen MR) is 101 cm³/mol. The highest BCUT2D eigenvalue weighted by molar-refractivity contribution is 9.12. The number of benzene rings is 1. The molecule has 1 N–H and O–H groups in total. The molecule has 0 spiro atoms. The maximum absolute atomic E-state index is 11.1. The molecule has 0 fully saturated rings. The predicted octanol–water partition coefficient (Wildman–Crippen LogP) is 4.64. The second-order valence-corrected chi connectivity index (χ2v) is 7.49. The molecule has 132 valence electrons. The number of ether oxygens (including phenoxy) is 2. The van der Waals surface area contributed by atoms with Crippen molar-refractivity contribution in [3.63, 3.8) is 0 Å². The largest absolute Gasteiger partial charge is 0.507 e. The summed E-state index contributed by atoms with van der Waals surface area (Å²) < 4.78 is 11.9. The van der Waals surface area contributed by atoms with Crippen LogP contribution in [0.2, 0.25) is 0 Å². The van der Waals surface area contributed by atoms with Crippen LogP contribution < -0.4 is 4.74 Å². The average molecular weight is 472 g/mol. The van der Waals surface area contributed by atoms with E-state index in [-0.39, 0.29) is 12.0 Å². The van der Waals surface area contributed by atoms with Crippen molar-refractivity contribution in [3.8, 4) is 5.75 Å². The maximum Gasteiger partial charge on any atom is 0.507 e. The van der Waals surface area contributed by atoms with Gasteiger partial charge in [0.05, 0.1) is 17.6 Å². The van der Waals surface area contributed by atoms with Crippen LogP contribution in [0.1, 0.15) is 18.5 Å². The number of hydrogen-bond donors (Lipinski definition) is 1. The Balaban J connectivity index is 2.06. The van der Waals surface area contributed by atoms with Crippen molar-refractivity contribution in [1.29, 1.82) is 0 Å². The second kappa shape index (κ2) is 7.21. The van der Waals surface area contributed by atoms with Crippen LogP contribution in [0, 0.1) is 5.92 Å². The second-order valence-electron chi connectivity index (χ2n) is 5.72. The van der Waals surface area contributed by atoms with Gasteiger partial charge in [0, 0.05) is 16.6 Å². The molecular weight excluding hydrogens is 456 g/mol. The van der Waals surface area contributed by atoms with E-state index in [0.29, 0.717) is 5.84 Å². The van der Waals surface area contributed by atoms with Crippen molar-refractivity contribution >= 4 is 43.9 Å². The van der Waals surface area contributed by atoms with E-state index in [0.717, 1.165) is 20.3 Å². The Morgan fingerprint density at radius 2 is 1.96 bits per heavy atom. The lowest BCUT2D eigenvalue weighted by Crippen LogP contribution is -2.45. The van der Waals surface area contributed by atoms with Crippen molar-refractivity contribution in [2.24, 2.45) is 10.9 Å². The van der Waals surface area contributed by atoms with E-state index >= 15 is 0 Å². The zero-order valence-corrected chi connectivity index (χ0v) is 16.7. The highest BCUT2D eigenvalue weighted by Crippen LogP contribution is 2.41. The third-order valence-electron chi connectivity index (χ3n) is 4.16. The molecule has 0 aliphatic carbocycles. The summed E-state index contributed by atoms with van der Waals surface area (Å²) in [6.45, 7) is 1.93. The molecule has 2 aliphatic heterocycles. The van der Waals surface area contributed by atoms with Crippen LogP contribution in [0.15, 0.2) is 50.5 Å². The fourth-order valence-corrected chi connectivity index (χ4v) is 4.34. The molecule has 0 saturated carbocycles. The van der Waals surface area contributed by atoms with Gasteiger partial charge in [0.2, 0.25) is 6.23 Å². The minimum atomic E-state index is -1.34. The number of fused-ring (bicyclic) bond motifs is 1. The summed E-state index contributed by atoms with van der Waals surface area (Å²) in [5, 5.41) is 9.05. The van der Waals surface area contributed by atoms with Crippen molar-refractivity contribution in [1.82, 2.24) is 4.90 Å². The van der Waals surface area contributed by atoms with Gasteiger partial charge in [-0.25, -0.2) is 9.79 Å². The summed E-state index contributed by atoms with van der Waals surface area (Å²) in [4.78, 5) is 17.6. The first-order valence-electron chi connectivity index (χ1n) is 7.55. The minimum absolute atomic E-state index is 0.142. The van der Waals surface area contributed by atoms with Crippen LogP contribution in [0.4, 0.5) is 4.79 Å². The van der Waals surface area contributed by atoms with Gasteiger partial charge < -0.3 is 19.5 Å². The molecule has 2 aliphatic rings. The fraction of sp³-hybridized carbons (Fsp3) is 0.294. The van der Waals surface area contributed by atoms with Crippen LogP contribution in [0.5, 0.6) is 5.75 Å². The van der Waals surface area contributed by atoms with Gasteiger partial charge in [-0.2, -0.15) is 0 Å². The molecule has 0 saturated heterocycles. The van der Waals surface area contributed by atoms with Gasteiger partial charge in [-0.3, -0.25) is 0 Å². The van der Waals surface area contributed by atoms with Gasteiger partial charge in [0.25, 0.3) is 0 Å². The zero-order chi connectivity index (χ0) is 18.1. The lowest BCUT2D eigenvalue weighted by Gasteiger charge is -2.43. The standard InChI is InChI=1S/C17H16Br2N2O4/c1-9-14(10-3-5-12(24-2)6-4-10)21-8-11(18)7-13(19)15(21)20-16(9)25-17(22)23/h3-9,14,16H,1-2H3,(H,22,23). The fourth-order valence-electron chi connectivity index (χ4n) is 3.03. The molecule has 3 atom stereocenters. The summed E-state index contributed by atoms with van der Waals surface area (Å²) in [7, 11) is 1.62. The van der Waals surface area contributed by atoms with Gasteiger partial charge in [-0.05, 0) is 55.6 Å². The summed E-state index contributed by atoms with van der Waals surface area (Å²) in [5.74, 6) is 1.20. The monoisotopic (exact) mass is 470 g/mol. The van der Waals surface area contributed by atoms with E-state index in [1.807, 2.05) is 48.4 Å². The number of hydrogen-bond acceptors (Lipinski definition) is 5. The topological polar surface area (TPSA) is 71.4 Å². The van der Waals surface area contributed by atoms with E-state index in [1.54, 1.807) is 7.11 Å². The molecule has 0 amide bonds. The zero-order valence-electron chi connectivity index (χ0n) is 13.5. The number of carboxylic acid groups (broad SMARTS) is 1. The van der Waals surface area contributed by atoms with Crippen LogP contribution in [-0.4, -0.2) is 35.3 Å². The Morgan fingerprint density at radius 1 is 1.28 bits per heavy atom. The van der Waals surface area contributed by atoms with Crippen LogP contribution in [0.3, 0.4) is 0 Å². The number of halogens is 2. The highest BCUT2D eigenvalue weighted by Gasteiger charge is 2.41. The Labute approximate surface area is 162 Å². The first-order chi connectivity index (χ1) is 11.9. The Kier molecular flexibility index (Phi) is 5.19. The van der Waals surface area contributed by atoms with E-state index in [4.69, 9.17) is 14.6 Å². The quantitative estimate of drug-likeness (QED) is 0.650. The molecule has 1 aromatic carbocycles. The summed E-state index contributed by atoms with van der Waals surface area (Å²) in [6, 6.07) is 7.56. The Hall–Kier alpha value is -1.80. The van der Waals surface area contributed by atoms with Gasteiger partial charge >= 0.3 is 6.16 Å². The smallest absolute Gasteiger partial charge is 0.497 e. The first-order valence-corrected chi connectivity index (χ1v) is 9.14. The van der Waals surface area contributed by atoms with E-state index < -0.39 is 12.4 Å². The minimum Gasteiger partial charge on any atom is -0.497 e. The summed E-state index contributed by atoms with van der Waals surface area (Å²) >= 11 is 7.00. The van der Waals surface area contributed by atoms with Gasteiger partial charge in [0.1, 0.15) is 11.6 Å². The molecule has 6 nitrogen and oxygen atoms in total. The van der Waals surface area contributed by atoms with E-state index in [1.165, 1.54) is 0 Å². The lowest BCUT2D eigenvalue weighted by molar-refractivity contribution is 0.0101. The number of amidine groups is 1. The molecular formula is C17H16Br2N2O4. The molecule has 3 rings (SSSR count). The molecule has 3 unspecified atom stereocenters. The third kappa shape index (κ3) is 3.59. The van der Waals surface area contributed by atoms with Gasteiger partial charge in [-0.15, -0.1) is 0 Å². The number of nitrogens with zero attached hydrogens (tertiary/aromatic N) is 2. The maximum atomic E-state index is 11.1.